The number of nitrogens with one attached hydrogen (secondary N) is 2. The van der Waals surface area contributed by atoms with E-state index in [0.29, 0.717) is 12.2 Å². The second kappa shape index (κ2) is 5.80. The number of anilines is 2. The molecule has 1 aromatic heterocycles. The Hall–Kier alpha value is -1.60. The van der Waals surface area contributed by atoms with Crippen molar-refractivity contribution in [1.82, 2.24) is 0 Å². The standard InChI is InChI=1S/C13H15FN2O2S2/c1-9-3-5-11(19-9)8-15-10-4-6-12(14)13(7-10)16-20(2,17)18/h3-7,15-16H,8H2,1-2H3. The molecule has 20 heavy (non-hydrogen) atoms. The molecule has 0 unspecified atom stereocenters. The monoisotopic (exact) mass is 314 g/mol. The molecule has 0 aliphatic rings. The summed E-state index contributed by atoms with van der Waals surface area (Å²) < 4.78 is 38.0. The molecule has 2 N–H and O–H groups in total. The van der Waals surface area contributed by atoms with Crippen LogP contribution < -0.4 is 10.0 Å². The Balaban J connectivity index is 2.11. The van der Waals surface area contributed by atoms with Crippen LogP contribution in [0.5, 0.6) is 0 Å². The van der Waals surface area contributed by atoms with Gasteiger partial charge in [-0.1, -0.05) is 0 Å². The maximum Gasteiger partial charge on any atom is 0.229 e. The molecule has 0 fully saturated rings. The molecule has 0 aliphatic carbocycles. The van der Waals surface area contributed by atoms with E-state index in [-0.39, 0.29) is 5.69 Å². The number of sulfonamides is 1. The van der Waals surface area contributed by atoms with E-state index in [1.54, 1.807) is 17.4 Å². The van der Waals surface area contributed by atoms with Crippen LogP contribution in [0.4, 0.5) is 15.8 Å². The Morgan fingerprint density at radius 3 is 2.60 bits per heavy atom. The van der Waals surface area contributed by atoms with Crippen molar-refractivity contribution in [1.29, 1.82) is 0 Å². The Labute approximate surface area is 121 Å². The molecule has 0 spiro atoms. The number of benzene rings is 1. The summed E-state index contributed by atoms with van der Waals surface area (Å²) in [7, 11) is -3.50. The van der Waals surface area contributed by atoms with Crippen LogP contribution in [0.2, 0.25) is 0 Å². The van der Waals surface area contributed by atoms with Crippen LogP contribution in [0.15, 0.2) is 30.3 Å². The summed E-state index contributed by atoms with van der Waals surface area (Å²) in [5.41, 5.74) is 0.600. The van der Waals surface area contributed by atoms with Crippen molar-refractivity contribution in [3.63, 3.8) is 0 Å². The summed E-state index contributed by atoms with van der Waals surface area (Å²) in [5.74, 6) is -0.604. The minimum Gasteiger partial charge on any atom is -0.380 e. The second-order valence-electron chi connectivity index (χ2n) is 4.43. The van der Waals surface area contributed by atoms with Gasteiger partial charge in [-0.2, -0.15) is 0 Å². The molecule has 1 heterocycles. The molecule has 0 bridgehead atoms. The Kier molecular flexibility index (Phi) is 4.29. The average Bonchev–Trinajstić information content (AvgIpc) is 2.74. The van der Waals surface area contributed by atoms with E-state index in [1.807, 2.05) is 19.1 Å². The summed E-state index contributed by atoms with van der Waals surface area (Å²) >= 11 is 1.68. The molecule has 108 valence electrons. The molecule has 4 nitrogen and oxygen atoms in total. The number of hydrogen-bond acceptors (Lipinski definition) is 4. The van der Waals surface area contributed by atoms with Gasteiger partial charge in [0.25, 0.3) is 0 Å². The van der Waals surface area contributed by atoms with Crippen LogP contribution in [0.25, 0.3) is 0 Å². The Bertz CT molecular complexity index is 711. The summed E-state index contributed by atoms with van der Waals surface area (Å²) in [4.78, 5) is 2.38. The average molecular weight is 314 g/mol. The van der Waals surface area contributed by atoms with E-state index in [2.05, 4.69) is 10.0 Å². The predicted octanol–water partition coefficient (Wildman–Crippen LogP) is 3.18. The van der Waals surface area contributed by atoms with E-state index in [1.165, 1.54) is 17.0 Å². The van der Waals surface area contributed by atoms with Crippen molar-refractivity contribution in [2.45, 2.75) is 13.5 Å². The normalized spacial score (nSPS) is 11.3. The zero-order valence-corrected chi connectivity index (χ0v) is 12.7. The van der Waals surface area contributed by atoms with Crippen molar-refractivity contribution in [3.8, 4) is 0 Å². The lowest BCUT2D eigenvalue weighted by Crippen LogP contribution is -2.11. The number of rotatable bonds is 5. The minimum absolute atomic E-state index is 0.0557. The Morgan fingerprint density at radius 1 is 1.25 bits per heavy atom. The molecule has 0 atom stereocenters. The summed E-state index contributed by atoms with van der Waals surface area (Å²) in [6.45, 7) is 2.64. The molecule has 0 radical (unpaired) electrons. The van der Waals surface area contributed by atoms with Crippen LogP contribution in [-0.4, -0.2) is 14.7 Å². The fraction of sp³-hybridized carbons (Fsp3) is 0.231. The van der Waals surface area contributed by atoms with Gasteiger partial charge in [0.15, 0.2) is 0 Å². The van der Waals surface area contributed by atoms with Gasteiger partial charge in [-0.15, -0.1) is 11.3 Å². The molecular weight excluding hydrogens is 299 g/mol. The summed E-state index contributed by atoms with van der Waals surface area (Å²) in [5, 5.41) is 3.14. The predicted molar refractivity (Wildman–Crippen MR) is 81.2 cm³/mol. The molecule has 0 saturated carbocycles. The smallest absolute Gasteiger partial charge is 0.229 e. The highest BCUT2D eigenvalue weighted by Gasteiger charge is 2.08. The Morgan fingerprint density at radius 2 is 2.00 bits per heavy atom. The second-order valence-corrected chi connectivity index (χ2v) is 7.56. The van der Waals surface area contributed by atoms with Crippen LogP contribution >= 0.6 is 11.3 Å². The van der Waals surface area contributed by atoms with Gasteiger partial charge < -0.3 is 5.32 Å². The van der Waals surface area contributed by atoms with Gasteiger partial charge in [-0.25, -0.2) is 12.8 Å². The first-order valence-corrected chi connectivity index (χ1v) is 8.61. The molecule has 2 aromatic rings. The number of thiophene rings is 1. The third-order valence-corrected chi connectivity index (χ3v) is 4.12. The summed E-state index contributed by atoms with van der Waals surface area (Å²) in [6, 6.07) is 8.30. The lowest BCUT2D eigenvalue weighted by Gasteiger charge is -2.09. The molecule has 7 heteroatoms. The highest BCUT2D eigenvalue weighted by molar-refractivity contribution is 7.92. The van der Waals surface area contributed by atoms with Gasteiger partial charge in [0.2, 0.25) is 10.0 Å². The third-order valence-electron chi connectivity index (χ3n) is 2.52. The largest absolute Gasteiger partial charge is 0.380 e. The highest BCUT2D eigenvalue weighted by Crippen LogP contribution is 2.22. The van der Waals surface area contributed by atoms with Crippen molar-refractivity contribution in [2.75, 3.05) is 16.3 Å². The van der Waals surface area contributed by atoms with Crippen LogP contribution in [0, 0.1) is 12.7 Å². The van der Waals surface area contributed by atoms with E-state index in [0.717, 1.165) is 11.1 Å². The zero-order valence-electron chi connectivity index (χ0n) is 11.1. The van der Waals surface area contributed by atoms with Gasteiger partial charge in [0.05, 0.1) is 11.9 Å². The lowest BCUT2D eigenvalue weighted by atomic mass is 10.2. The lowest BCUT2D eigenvalue weighted by molar-refractivity contribution is 0.604. The van der Waals surface area contributed by atoms with Gasteiger partial charge in [0.1, 0.15) is 5.82 Å². The number of hydrogen-bond donors (Lipinski definition) is 2. The molecule has 0 aliphatic heterocycles. The maximum atomic E-state index is 13.5. The van der Waals surface area contributed by atoms with Crippen molar-refractivity contribution >= 4 is 32.7 Å². The fourth-order valence-electron chi connectivity index (χ4n) is 1.68. The van der Waals surface area contributed by atoms with E-state index in [9.17, 15) is 12.8 Å². The first-order chi connectivity index (χ1) is 9.33. The van der Waals surface area contributed by atoms with Gasteiger partial charge in [-0.05, 0) is 37.3 Å². The molecular formula is C13H15FN2O2S2. The maximum absolute atomic E-state index is 13.5. The first kappa shape index (κ1) is 14.8. The third kappa shape index (κ3) is 4.21. The number of halogens is 1. The quantitative estimate of drug-likeness (QED) is 0.891. The van der Waals surface area contributed by atoms with Crippen LogP contribution in [0.3, 0.4) is 0 Å². The SMILES string of the molecule is Cc1ccc(CNc2ccc(F)c(NS(C)(=O)=O)c2)s1. The summed E-state index contributed by atoms with van der Waals surface area (Å²) in [6.07, 6.45) is 0.987. The first-order valence-electron chi connectivity index (χ1n) is 5.90. The van der Waals surface area contributed by atoms with Crippen LogP contribution in [-0.2, 0) is 16.6 Å². The van der Waals surface area contributed by atoms with Crippen molar-refractivity contribution in [3.05, 3.63) is 45.9 Å². The molecule has 0 amide bonds. The van der Waals surface area contributed by atoms with Crippen molar-refractivity contribution < 1.29 is 12.8 Å². The zero-order chi connectivity index (χ0) is 14.8. The highest BCUT2D eigenvalue weighted by atomic mass is 32.2. The van der Waals surface area contributed by atoms with Gasteiger partial charge in [0, 0.05) is 22.0 Å². The van der Waals surface area contributed by atoms with Gasteiger partial charge >= 0.3 is 0 Å². The fourth-order valence-corrected chi connectivity index (χ4v) is 3.07. The molecule has 1 aromatic carbocycles. The number of aryl methyl sites for hydroxylation is 1. The topological polar surface area (TPSA) is 58.2 Å². The molecule has 0 saturated heterocycles. The van der Waals surface area contributed by atoms with Crippen molar-refractivity contribution in [2.24, 2.45) is 0 Å². The van der Waals surface area contributed by atoms with Crippen LogP contribution in [0.1, 0.15) is 9.75 Å². The van der Waals surface area contributed by atoms with E-state index in [4.69, 9.17) is 0 Å². The van der Waals surface area contributed by atoms with Gasteiger partial charge in [-0.3, -0.25) is 4.72 Å². The molecule has 2 rings (SSSR count). The minimum atomic E-state index is -3.50. The van der Waals surface area contributed by atoms with E-state index >= 15 is 0 Å². The van der Waals surface area contributed by atoms with E-state index < -0.39 is 15.8 Å².